The Morgan fingerprint density at radius 2 is 1.90 bits per heavy atom. The van der Waals surface area contributed by atoms with Crippen LogP contribution in [0.3, 0.4) is 0 Å². The molecule has 0 fully saturated rings. The number of carbonyl (C=O) groups is 1. The van der Waals surface area contributed by atoms with Crippen molar-refractivity contribution in [3.8, 4) is 0 Å². The molecular weight excluding hydrogens is 250 g/mol. The van der Waals surface area contributed by atoms with Crippen LogP contribution in [0.25, 0.3) is 0 Å². The summed E-state index contributed by atoms with van der Waals surface area (Å²) < 4.78 is 0. The zero-order valence-electron chi connectivity index (χ0n) is 11.8. The third-order valence-corrected chi connectivity index (χ3v) is 3.01. The molecule has 4 heteroatoms. The lowest BCUT2D eigenvalue weighted by atomic mass is 10.2. The molecule has 4 nitrogen and oxygen atoms in total. The molecule has 1 heterocycles. The van der Waals surface area contributed by atoms with Gasteiger partial charge < -0.3 is 10.2 Å². The number of rotatable bonds is 5. The van der Waals surface area contributed by atoms with E-state index in [2.05, 4.69) is 10.3 Å². The van der Waals surface area contributed by atoms with Gasteiger partial charge in [0.15, 0.2) is 0 Å². The average molecular weight is 269 g/mol. The number of anilines is 2. The van der Waals surface area contributed by atoms with Gasteiger partial charge in [0.05, 0.1) is 5.56 Å². The minimum Gasteiger partial charge on any atom is -0.370 e. The molecule has 0 atom stereocenters. The minimum absolute atomic E-state index is 0.0391. The van der Waals surface area contributed by atoms with Gasteiger partial charge in [-0.3, -0.25) is 4.79 Å². The van der Waals surface area contributed by atoms with Crippen LogP contribution in [0.15, 0.2) is 48.7 Å². The van der Waals surface area contributed by atoms with Gasteiger partial charge in [0.25, 0.3) is 5.91 Å². The summed E-state index contributed by atoms with van der Waals surface area (Å²) in [6.45, 7) is 5.30. The molecule has 0 unspecified atom stereocenters. The van der Waals surface area contributed by atoms with Gasteiger partial charge in [-0.25, -0.2) is 4.98 Å². The number of pyridine rings is 1. The summed E-state index contributed by atoms with van der Waals surface area (Å²) in [5.41, 5.74) is 1.49. The summed E-state index contributed by atoms with van der Waals surface area (Å²) in [7, 11) is 0. The topological polar surface area (TPSA) is 45.2 Å². The predicted molar refractivity (Wildman–Crippen MR) is 82.2 cm³/mol. The summed E-state index contributed by atoms with van der Waals surface area (Å²) in [6, 6.07) is 13.3. The van der Waals surface area contributed by atoms with Crippen molar-refractivity contribution < 1.29 is 4.79 Å². The lowest BCUT2D eigenvalue weighted by molar-refractivity contribution is 0.0989. The monoisotopic (exact) mass is 269 g/mol. The highest BCUT2D eigenvalue weighted by Gasteiger charge is 2.19. The number of para-hydroxylation sites is 1. The van der Waals surface area contributed by atoms with E-state index in [0.717, 1.165) is 12.2 Å². The number of benzene rings is 1. The Bertz CT molecular complexity index is 569. The fourth-order valence-electron chi connectivity index (χ4n) is 2.08. The third kappa shape index (κ3) is 2.96. The van der Waals surface area contributed by atoms with Crippen molar-refractivity contribution >= 4 is 17.4 Å². The molecule has 20 heavy (non-hydrogen) atoms. The molecule has 0 aliphatic heterocycles. The van der Waals surface area contributed by atoms with Crippen molar-refractivity contribution in [1.82, 2.24) is 4.98 Å². The number of aromatic nitrogens is 1. The smallest absolute Gasteiger partial charge is 0.262 e. The molecule has 2 aromatic rings. The van der Waals surface area contributed by atoms with Crippen LogP contribution in [0, 0.1) is 0 Å². The van der Waals surface area contributed by atoms with Gasteiger partial charge in [-0.05, 0) is 38.1 Å². The normalized spacial score (nSPS) is 10.1. The quantitative estimate of drug-likeness (QED) is 0.906. The summed E-state index contributed by atoms with van der Waals surface area (Å²) in [5, 5.41) is 3.13. The number of amides is 1. The second-order valence-electron chi connectivity index (χ2n) is 4.31. The molecular formula is C16H19N3O. The molecule has 0 aliphatic rings. The molecule has 0 radical (unpaired) electrons. The van der Waals surface area contributed by atoms with Crippen LogP contribution in [0.2, 0.25) is 0 Å². The Balaban J connectivity index is 2.34. The van der Waals surface area contributed by atoms with Crippen LogP contribution >= 0.6 is 0 Å². The van der Waals surface area contributed by atoms with E-state index in [1.165, 1.54) is 0 Å². The third-order valence-electron chi connectivity index (χ3n) is 3.01. The predicted octanol–water partition coefficient (Wildman–Crippen LogP) is 3.18. The van der Waals surface area contributed by atoms with E-state index in [9.17, 15) is 4.79 Å². The average Bonchev–Trinajstić information content (AvgIpc) is 2.50. The van der Waals surface area contributed by atoms with Gasteiger partial charge in [0.2, 0.25) is 0 Å². The molecule has 0 aliphatic carbocycles. The Labute approximate surface area is 119 Å². The minimum atomic E-state index is -0.0391. The van der Waals surface area contributed by atoms with Crippen LogP contribution < -0.4 is 10.2 Å². The van der Waals surface area contributed by atoms with E-state index in [1.54, 1.807) is 23.2 Å². The molecule has 1 aromatic carbocycles. The second kappa shape index (κ2) is 6.70. The molecule has 2 rings (SSSR count). The lowest BCUT2D eigenvalue weighted by Gasteiger charge is -2.22. The van der Waals surface area contributed by atoms with Gasteiger partial charge in [0.1, 0.15) is 5.82 Å². The molecule has 1 aromatic heterocycles. The van der Waals surface area contributed by atoms with E-state index in [1.807, 2.05) is 44.2 Å². The highest BCUT2D eigenvalue weighted by Crippen LogP contribution is 2.19. The van der Waals surface area contributed by atoms with Crippen LogP contribution in [0.1, 0.15) is 24.2 Å². The van der Waals surface area contributed by atoms with Gasteiger partial charge in [-0.1, -0.05) is 18.2 Å². The van der Waals surface area contributed by atoms with Gasteiger partial charge >= 0.3 is 0 Å². The number of hydrogen-bond acceptors (Lipinski definition) is 3. The maximum absolute atomic E-state index is 12.7. The number of nitrogens with one attached hydrogen (secondary N) is 1. The van der Waals surface area contributed by atoms with E-state index >= 15 is 0 Å². The van der Waals surface area contributed by atoms with Gasteiger partial charge in [-0.15, -0.1) is 0 Å². The summed E-state index contributed by atoms with van der Waals surface area (Å²) in [6.07, 6.45) is 1.69. The molecule has 0 saturated heterocycles. The summed E-state index contributed by atoms with van der Waals surface area (Å²) in [4.78, 5) is 18.7. The molecule has 1 amide bonds. The zero-order chi connectivity index (χ0) is 14.4. The van der Waals surface area contributed by atoms with E-state index in [-0.39, 0.29) is 5.91 Å². The second-order valence-corrected chi connectivity index (χ2v) is 4.31. The Kier molecular flexibility index (Phi) is 4.71. The SMILES string of the molecule is CCNc1ncccc1C(=O)N(CC)c1ccccc1. The molecule has 0 spiro atoms. The highest BCUT2D eigenvalue weighted by molar-refractivity contribution is 6.09. The van der Waals surface area contributed by atoms with Crippen molar-refractivity contribution in [3.63, 3.8) is 0 Å². The van der Waals surface area contributed by atoms with Crippen molar-refractivity contribution in [2.45, 2.75) is 13.8 Å². The van der Waals surface area contributed by atoms with Crippen molar-refractivity contribution in [2.75, 3.05) is 23.3 Å². The first-order valence-corrected chi connectivity index (χ1v) is 6.83. The van der Waals surface area contributed by atoms with E-state index in [4.69, 9.17) is 0 Å². The van der Waals surface area contributed by atoms with Crippen LogP contribution in [-0.4, -0.2) is 24.0 Å². The molecule has 0 bridgehead atoms. The van der Waals surface area contributed by atoms with Gasteiger partial charge in [-0.2, -0.15) is 0 Å². The Morgan fingerprint density at radius 3 is 2.55 bits per heavy atom. The zero-order valence-corrected chi connectivity index (χ0v) is 11.8. The maximum Gasteiger partial charge on any atom is 0.262 e. The van der Waals surface area contributed by atoms with E-state index in [0.29, 0.717) is 17.9 Å². The number of hydrogen-bond donors (Lipinski definition) is 1. The fraction of sp³-hybridized carbons (Fsp3) is 0.250. The van der Waals surface area contributed by atoms with Crippen molar-refractivity contribution in [3.05, 3.63) is 54.2 Å². The summed E-state index contributed by atoms with van der Waals surface area (Å²) in [5.74, 6) is 0.595. The van der Waals surface area contributed by atoms with Crippen LogP contribution in [-0.2, 0) is 0 Å². The fourth-order valence-corrected chi connectivity index (χ4v) is 2.08. The first kappa shape index (κ1) is 14.1. The highest BCUT2D eigenvalue weighted by atomic mass is 16.2. The first-order valence-electron chi connectivity index (χ1n) is 6.83. The van der Waals surface area contributed by atoms with Crippen molar-refractivity contribution in [1.29, 1.82) is 0 Å². The van der Waals surface area contributed by atoms with Crippen LogP contribution in [0.5, 0.6) is 0 Å². The maximum atomic E-state index is 12.7. The first-order chi connectivity index (χ1) is 9.77. The summed E-state index contributed by atoms with van der Waals surface area (Å²) >= 11 is 0. The number of nitrogens with zero attached hydrogens (tertiary/aromatic N) is 2. The standard InChI is InChI=1S/C16H19N3O/c1-3-17-15-14(11-8-12-18-15)16(20)19(4-2)13-9-6-5-7-10-13/h5-12H,3-4H2,1-2H3,(H,17,18). The van der Waals surface area contributed by atoms with E-state index < -0.39 is 0 Å². The molecule has 0 saturated carbocycles. The molecule has 1 N–H and O–H groups in total. The molecule has 104 valence electrons. The Morgan fingerprint density at radius 1 is 1.15 bits per heavy atom. The van der Waals surface area contributed by atoms with Crippen LogP contribution in [0.4, 0.5) is 11.5 Å². The van der Waals surface area contributed by atoms with Crippen molar-refractivity contribution in [2.24, 2.45) is 0 Å². The lowest BCUT2D eigenvalue weighted by Crippen LogP contribution is -2.31. The largest absolute Gasteiger partial charge is 0.370 e. The van der Waals surface area contributed by atoms with Gasteiger partial charge in [0, 0.05) is 25.0 Å². The number of carbonyl (C=O) groups excluding carboxylic acids is 1. The Hall–Kier alpha value is -2.36.